The zero-order valence-corrected chi connectivity index (χ0v) is 19.0. The second-order valence-corrected chi connectivity index (χ2v) is 10.1. The van der Waals surface area contributed by atoms with Crippen molar-refractivity contribution in [2.75, 3.05) is 0 Å². The first kappa shape index (κ1) is 20.5. The van der Waals surface area contributed by atoms with E-state index in [1.54, 1.807) is 17.4 Å². The predicted molar refractivity (Wildman–Crippen MR) is 134 cm³/mol. The van der Waals surface area contributed by atoms with Crippen molar-refractivity contribution in [3.63, 3.8) is 0 Å². The van der Waals surface area contributed by atoms with Crippen molar-refractivity contribution in [1.29, 1.82) is 0 Å². The van der Waals surface area contributed by atoms with Crippen molar-refractivity contribution in [3.8, 4) is 22.4 Å². The molecule has 3 aromatic carbocycles. The van der Waals surface area contributed by atoms with Crippen LogP contribution in [0.2, 0.25) is 0 Å². The van der Waals surface area contributed by atoms with Crippen LogP contribution in [0.15, 0.2) is 72.9 Å². The second-order valence-electron chi connectivity index (χ2n) is 9.02. The maximum atomic E-state index is 14.4. The van der Waals surface area contributed by atoms with Gasteiger partial charge < -0.3 is 0 Å². The van der Waals surface area contributed by atoms with E-state index in [1.165, 1.54) is 49.4 Å². The third kappa shape index (κ3) is 3.83. The molecule has 1 saturated carbocycles. The molecule has 0 bridgehead atoms. The number of pyridine rings is 1. The van der Waals surface area contributed by atoms with Gasteiger partial charge in [-0.2, -0.15) is 0 Å². The van der Waals surface area contributed by atoms with Gasteiger partial charge in [0.05, 0.1) is 11.3 Å². The molecule has 1 aliphatic rings. The molecule has 2 heterocycles. The standard InChI is InChI=1S/C29H23F2NS/c30-24-6-3-7-25(31)29(24)21-9-11-28-23(17-21)22-16-20(8-10-27(22)33-28)26-15-19(12-13-32-26)14-18-4-1-2-5-18/h3,6-13,15-18H,1-2,4-5,14H2. The van der Waals surface area contributed by atoms with Crippen LogP contribution in [0.1, 0.15) is 31.2 Å². The Morgan fingerprint density at radius 3 is 2.18 bits per heavy atom. The normalized spacial score (nSPS) is 14.5. The lowest BCUT2D eigenvalue weighted by Gasteiger charge is -2.10. The minimum Gasteiger partial charge on any atom is -0.256 e. The number of hydrogen-bond acceptors (Lipinski definition) is 2. The highest BCUT2D eigenvalue weighted by atomic mass is 32.1. The Hall–Kier alpha value is -3.11. The first-order chi connectivity index (χ1) is 16.2. The van der Waals surface area contributed by atoms with E-state index in [1.807, 2.05) is 18.3 Å². The molecular formula is C29H23F2NS. The second kappa shape index (κ2) is 8.35. The van der Waals surface area contributed by atoms with Gasteiger partial charge in [-0.3, -0.25) is 4.98 Å². The average molecular weight is 456 g/mol. The predicted octanol–water partition coefficient (Wildman–Crippen LogP) is 8.79. The van der Waals surface area contributed by atoms with Crippen LogP contribution in [-0.4, -0.2) is 4.98 Å². The molecule has 0 unspecified atom stereocenters. The number of rotatable bonds is 4. The molecule has 6 rings (SSSR count). The van der Waals surface area contributed by atoms with E-state index in [9.17, 15) is 8.78 Å². The Morgan fingerprint density at radius 1 is 0.788 bits per heavy atom. The Balaban J connectivity index is 1.43. The molecular weight excluding hydrogens is 432 g/mol. The highest BCUT2D eigenvalue weighted by Gasteiger charge is 2.17. The van der Waals surface area contributed by atoms with Gasteiger partial charge in [0.25, 0.3) is 0 Å². The van der Waals surface area contributed by atoms with Gasteiger partial charge in [-0.05, 0) is 72.0 Å². The Labute approximate surface area is 195 Å². The highest BCUT2D eigenvalue weighted by molar-refractivity contribution is 7.25. The van der Waals surface area contributed by atoms with Gasteiger partial charge in [0.1, 0.15) is 11.6 Å². The van der Waals surface area contributed by atoms with E-state index in [2.05, 4.69) is 35.3 Å². The van der Waals surface area contributed by atoms with Crippen LogP contribution in [0, 0.1) is 17.6 Å². The summed E-state index contributed by atoms with van der Waals surface area (Å²) in [6.07, 6.45) is 8.39. The van der Waals surface area contributed by atoms with E-state index in [4.69, 9.17) is 0 Å². The van der Waals surface area contributed by atoms with Gasteiger partial charge in [0, 0.05) is 31.9 Å². The number of aromatic nitrogens is 1. The maximum Gasteiger partial charge on any atom is 0.133 e. The van der Waals surface area contributed by atoms with Crippen molar-refractivity contribution in [1.82, 2.24) is 4.98 Å². The summed E-state index contributed by atoms with van der Waals surface area (Å²) < 4.78 is 31.1. The van der Waals surface area contributed by atoms with Crippen molar-refractivity contribution in [2.45, 2.75) is 32.1 Å². The third-order valence-electron chi connectivity index (χ3n) is 6.84. The summed E-state index contributed by atoms with van der Waals surface area (Å²) in [5.74, 6) is -0.295. The SMILES string of the molecule is Fc1cccc(F)c1-c1ccc2sc3ccc(-c4cc(CC5CCCC5)ccn4)cc3c2c1. The molecule has 2 aromatic heterocycles. The van der Waals surface area contributed by atoms with Crippen LogP contribution in [0.5, 0.6) is 0 Å². The molecule has 0 aliphatic heterocycles. The molecule has 1 nitrogen and oxygen atoms in total. The number of thiophene rings is 1. The van der Waals surface area contributed by atoms with Gasteiger partial charge in [-0.15, -0.1) is 11.3 Å². The fraction of sp³-hybridized carbons (Fsp3) is 0.207. The lowest BCUT2D eigenvalue weighted by Crippen LogP contribution is -1.99. The van der Waals surface area contributed by atoms with E-state index < -0.39 is 11.6 Å². The molecule has 164 valence electrons. The monoisotopic (exact) mass is 455 g/mol. The van der Waals surface area contributed by atoms with Crippen molar-refractivity contribution in [3.05, 3.63) is 90.1 Å². The molecule has 0 atom stereocenters. The minimum absolute atomic E-state index is 0.0242. The summed E-state index contributed by atoms with van der Waals surface area (Å²) in [6, 6.07) is 20.4. The molecule has 0 amide bonds. The summed E-state index contributed by atoms with van der Waals surface area (Å²) >= 11 is 1.69. The Morgan fingerprint density at radius 2 is 1.45 bits per heavy atom. The summed E-state index contributed by atoms with van der Waals surface area (Å²) in [6.45, 7) is 0. The molecule has 1 fully saturated rings. The van der Waals surface area contributed by atoms with Crippen molar-refractivity contribution >= 4 is 31.5 Å². The summed E-state index contributed by atoms with van der Waals surface area (Å²) in [7, 11) is 0. The molecule has 0 N–H and O–H groups in total. The van der Waals surface area contributed by atoms with E-state index >= 15 is 0 Å². The third-order valence-corrected chi connectivity index (χ3v) is 7.99. The van der Waals surface area contributed by atoms with Crippen LogP contribution in [0.3, 0.4) is 0 Å². The number of benzene rings is 3. The van der Waals surface area contributed by atoms with Crippen LogP contribution < -0.4 is 0 Å². The lowest BCUT2D eigenvalue weighted by atomic mass is 9.97. The molecule has 1 aliphatic carbocycles. The Bertz CT molecular complexity index is 1460. The van der Waals surface area contributed by atoms with Crippen LogP contribution in [-0.2, 0) is 6.42 Å². The van der Waals surface area contributed by atoms with Crippen LogP contribution >= 0.6 is 11.3 Å². The fourth-order valence-electron chi connectivity index (χ4n) is 5.17. The molecule has 4 heteroatoms. The van der Waals surface area contributed by atoms with Crippen molar-refractivity contribution < 1.29 is 8.78 Å². The smallest absolute Gasteiger partial charge is 0.133 e. The molecule has 0 radical (unpaired) electrons. The molecule has 33 heavy (non-hydrogen) atoms. The first-order valence-electron chi connectivity index (χ1n) is 11.5. The zero-order chi connectivity index (χ0) is 22.4. The fourth-order valence-corrected chi connectivity index (χ4v) is 6.24. The first-order valence-corrected chi connectivity index (χ1v) is 12.3. The average Bonchev–Trinajstić information content (AvgIpc) is 3.46. The summed E-state index contributed by atoms with van der Waals surface area (Å²) in [5.41, 5.74) is 3.97. The molecule has 0 spiro atoms. The maximum absolute atomic E-state index is 14.4. The van der Waals surface area contributed by atoms with E-state index in [0.717, 1.165) is 43.8 Å². The number of fused-ring (bicyclic) bond motifs is 3. The van der Waals surface area contributed by atoms with Gasteiger partial charge >= 0.3 is 0 Å². The van der Waals surface area contributed by atoms with E-state index in [-0.39, 0.29) is 5.56 Å². The van der Waals surface area contributed by atoms with Crippen LogP contribution in [0.25, 0.3) is 42.6 Å². The van der Waals surface area contributed by atoms with E-state index in [0.29, 0.717) is 5.56 Å². The largest absolute Gasteiger partial charge is 0.256 e. The quantitative estimate of drug-likeness (QED) is 0.264. The van der Waals surface area contributed by atoms with Gasteiger partial charge in [0.2, 0.25) is 0 Å². The zero-order valence-electron chi connectivity index (χ0n) is 18.2. The molecule has 5 aromatic rings. The summed E-state index contributed by atoms with van der Waals surface area (Å²) in [5, 5.41) is 2.10. The highest BCUT2D eigenvalue weighted by Crippen LogP contribution is 2.39. The van der Waals surface area contributed by atoms with Crippen molar-refractivity contribution in [2.24, 2.45) is 5.92 Å². The topological polar surface area (TPSA) is 12.9 Å². The summed E-state index contributed by atoms with van der Waals surface area (Å²) in [4.78, 5) is 4.65. The lowest BCUT2D eigenvalue weighted by molar-refractivity contribution is 0.546. The van der Waals surface area contributed by atoms with Gasteiger partial charge in [-0.1, -0.05) is 43.9 Å². The van der Waals surface area contributed by atoms with Gasteiger partial charge in [-0.25, -0.2) is 8.78 Å². The molecule has 0 saturated heterocycles. The Kier molecular flexibility index (Phi) is 5.18. The number of nitrogens with zero attached hydrogens (tertiary/aromatic N) is 1. The minimum atomic E-state index is -0.544. The number of halogens is 2. The van der Waals surface area contributed by atoms with Crippen LogP contribution in [0.4, 0.5) is 8.78 Å². The van der Waals surface area contributed by atoms with Gasteiger partial charge in [0.15, 0.2) is 0 Å². The number of hydrogen-bond donors (Lipinski definition) is 0.